The Hall–Kier alpha value is -2.67. The zero-order valence-electron chi connectivity index (χ0n) is 10.9. The lowest BCUT2D eigenvalue weighted by atomic mass is 10.2. The Morgan fingerprint density at radius 3 is 2.76 bits per heavy atom. The van der Waals surface area contributed by atoms with Crippen LogP contribution in [0.25, 0.3) is 11.3 Å². The van der Waals surface area contributed by atoms with Crippen LogP contribution in [-0.4, -0.2) is 25.8 Å². The summed E-state index contributed by atoms with van der Waals surface area (Å²) in [6.45, 7) is 0.286. The van der Waals surface area contributed by atoms with Gasteiger partial charge < -0.3 is 5.32 Å². The second-order valence-electron chi connectivity index (χ2n) is 4.14. The zero-order valence-corrected chi connectivity index (χ0v) is 11.7. The molecule has 0 spiro atoms. The van der Waals surface area contributed by atoms with Crippen molar-refractivity contribution in [1.29, 1.82) is 0 Å². The third-order valence-corrected chi connectivity index (χ3v) is 3.46. The second kappa shape index (κ2) is 6.19. The van der Waals surface area contributed by atoms with Crippen molar-refractivity contribution < 1.29 is 4.79 Å². The normalized spacial score (nSPS) is 10.3. The van der Waals surface area contributed by atoms with E-state index in [1.54, 1.807) is 23.7 Å². The van der Waals surface area contributed by atoms with E-state index < -0.39 is 0 Å². The fourth-order valence-corrected chi connectivity index (χ4v) is 2.45. The molecule has 7 heteroatoms. The van der Waals surface area contributed by atoms with Crippen molar-refractivity contribution in [2.45, 2.75) is 6.54 Å². The van der Waals surface area contributed by atoms with Gasteiger partial charge in [0, 0.05) is 35.7 Å². The first-order valence-electron chi connectivity index (χ1n) is 6.21. The molecule has 0 aliphatic heterocycles. The lowest BCUT2D eigenvalue weighted by molar-refractivity contribution is 0.0945. The summed E-state index contributed by atoms with van der Waals surface area (Å²) in [6, 6.07) is 1.97. The van der Waals surface area contributed by atoms with Gasteiger partial charge in [0.05, 0.1) is 24.1 Å². The summed E-state index contributed by atoms with van der Waals surface area (Å²) in [4.78, 5) is 28.4. The summed E-state index contributed by atoms with van der Waals surface area (Å²) in [5.74, 6) is -0.287. The van der Waals surface area contributed by atoms with E-state index in [9.17, 15) is 4.79 Å². The minimum absolute atomic E-state index is 0.276. The van der Waals surface area contributed by atoms with Gasteiger partial charge in [0.15, 0.2) is 0 Å². The molecule has 0 fully saturated rings. The predicted molar refractivity (Wildman–Crippen MR) is 78.5 cm³/mol. The van der Waals surface area contributed by atoms with Crippen LogP contribution in [0.3, 0.4) is 0 Å². The predicted octanol–water partition coefficient (Wildman–Crippen LogP) is 1.93. The van der Waals surface area contributed by atoms with Crippen LogP contribution >= 0.6 is 11.3 Å². The third kappa shape index (κ3) is 3.09. The fraction of sp³-hybridized carbons (Fsp3) is 0.0714. The molecule has 1 N–H and O–H groups in total. The largest absolute Gasteiger partial charge is 0.345 e. The molecule has 0 aliphatic carbocycles. The van der Waals surface area contributed by atoms with Crippen molar-refractivity contribution in [2.75, 3.05) is 0 Å². The zero-order chi connectivity index (χ0) is 14.5. The monoisotopic (exact) mass is 297 g/mol. The Morgan fingerprint density at radius 2 is 2.00 bits per heavy atom. The summed E-state index contributed by atoms with van der Waals surface area (Å²) in [5, 5.41) is 6.75. The van der Waals surface area contributed by atoms with Crippen molar-refractivity contribution in [2.24, 2.45) is 0 Å². The minimum Gasteiger partial charge on any atom is -0.345 e. The number of hydrogen-bond donors (Lipinski definition) is 1. The molecule has 104 valence electrons. The highest BCUT2D eigenvalue weighted by molar-refractivity contribution is 7.08. The Labute approximate surface area is 125 Å². The van der Waals surface area contributed by atoms with Gasteiger partial charge in [0.2, 0.25) is 0 Å². The summed E-state index contributed by atoms with van der Waals surface area (Å²) < 4.78 is 0. The molecule has 0 radical (unpaired) electrons. The van der Waals surface area contributed by atoms with Crippen LogP contribution in [0.1, 0.15) is 16.2 Å². The highest BCUT2D eigenvalue weighted by atomic mass is 32.1. The van der Waals surface area contributed by atoms with Crippen LogP contribution in [0.2, 0.25) is 0 Å². The van der Waals surface area contributed by atoms with Gasteiger partial charge in [0.1, 0.15) is 5.69 Å². The van der Waals surface area contributed by atoms with Gasteiger partial charge in [-0.2, -0.15) is 11.3 Å². The lowest BCUT2D eigenvalue weighted by Gasteiger charge is -2.07. The number of carbonyl (C=O) groups is 1. The van der Waals surface area contributed by atoms with Crippen molar-refractivity contribution in [3.63, 3.8) is 0 Å². The van der Waals surface area contributed by atoms with E-state index in [2.05, 4.69) is 25.3 Å². The Kier molecular flexibility index (Phi) is 3.92. The van der Waals surface area contributed by atoms with E-state index in [0.29, 0.717) is 5.69 Å². The molecule has 21 heavy (non-hydrogen) atoms. The molecule has 6 nitrogen and oxygen atoms in total. The second-order valence-corrected chi connectivity index (χ2v) is 4.92. The minimum atomic E-state index is -0.287. The number of thiophene rings is 1. The van der Waals surface area contributed by atoms with E-state index >= 15 is 0 Å². The first-order valence-corrected chi connectivity index (χ1v) is 7.15. The van der Waals surface area contributed by atoms with Crippen molar-refractivity contribution in [3.8, 4) is 11.3 Å². The molecular formula is C14H11N5OS. The smallest absolute Gasteiger partial charge is 0.271 e. The number of rotatable bonds is 4. The lowest BCUT2D eigenvalue weighted by Crippen LogP contribution is -2.24. The van der Waals surface area contributed by atoms with Crippen LogP contribution in [0.5, 0.6) is 0 Å². The van der Waals surface area contributed by atoms with E-state index in [4.69, 9.17) is 0 Å². The maximum Gasteiger partial charge on any atom is 0.271 e. The van der Waals surface area contributed by atoms with Gasteiger partial charge in [-0.3, -0.25) is 19.7 Å². The van der Waals surface area contributed by atoms with E-state index in [1.165, 1.54) is 18.6 Å². The molecule has 3 heterocycles. The number of nitrogens with zero attached hydrogens (tertiary/aromatic N) is 4. The molecular weight excluding hydrogens is 286 g/mol. The van der Waals surface area contributed by atoms with Crippen LogP contribution in [0.4, 0.5) is 0 Å². The van der Waals surface area contributed by atoms with Crippen LogP contribution in [-0.2, 0) is 6.54 Å². The molecule has 3 aromatic heterocycles. The van der Waals surface area contributed by atoms with Crippen molar-refractivity contribution in [3.05, 3.63) is 59.2 Å². The quantitative estimate of drug-likeness (QED) is 0.795. The molecule has 0 saturated heterocycles. The number of aromatic nitrogens is 4. The summed E-state index contributed by atoms with van der Waals surface area (Å²) in [7, 11) is 0. The highest BCUT2D eigenvalue weighted by Crippen LogP contribution is 2.22. The molecule has 0 atom stereocenters. The number of amides is 1. The van der Waals surface area contributed by atoms with E-state index in [1.807, 2.05) is 16.8 Å². The number of carbonyl (C=O) groups excluding carboxylic acids is 1. The van der Waals surface area contributed by atoms with Gasteiger partial charge in [-0.15, -0.1) is 0 Å². The van der Waals surface area contributed by atoms with Gasteiger partial charge in [-0.1, -0.05) is 0 Å². The molecule has 0 aromatic carbocycles. The van der Waals surface area contributed by atoms with Gasteiger partial charge in [0.25, 0.3) is 5.91 Å². The van der Waals surface area contributed by atoms with Gasteiger partial charge in [-0.05, 0) is 11.4 Å². The Morgan fingerprint density at radius 1 is 1.14 bits per heavy atom. The molecule has 3 aromatic rings. The SMILES string of the molecule is O=C(NCc1nccnc1-c1ccsc1)c1cnccn1. The average molecular weight is 297 g/mol. The van der Waals surface area contributed by atoms with Gasteiger partial charge >= 0.3 is 0 Å². The maximum atomic E-state index is 12.0. The Bertz CT molecular complexity index is 730. The highest BCUT2D eigenvalue weighted by Gasteiger charge is 2.11. The maximum absolute atomic E-state index is 12.0. The molecule has 0 saturated carbocycles. The molecule has 0 bridgehead atoms. The number of nitrogens with one attached hydrogen (secondary N) is 1. The molecule has 1 amide bonds. The number of hydrogen-bond acceptors (Lipinski definition) is 6. The molecule has 0 aliphatic rings. The average Bonchev–Trinajstić information content (AvgIpc) is 3.08. The summed E-state index contributed by atoms with van der Waals surface area (Å²) in [5.41, 5.74) is 2.77. The summed E-state index contributed by atoms with van der Waals surface area (Å²) >= 11 is 1.59. The Balaban J connectivity index is 1.76. The van der Waals surface area contributed by atoms with Crippen molar-refractivity contribution >= 4 is 17.2 Å². The van der Waals surface area contributed by atoms with Gasteiger partial charge in [-0.25, -0.2) is 4.98 Å². The first-order chi connectivity index (χ1) is 10.3. The third-order valence-electron chi connectivity index (χ3n) is 2.78. The topological polar surface area (TPSA) is 80.7 Å². The van der Waals surface area contributed by atoms with Crippen LogP contribution in [0, 0.1) is 0 Å². The molecule has 3 rings (SSSR count). The van der Waals surface area contributed by atoms with Crippen molar-refractivity contribution in [1.82, 2.24) is 25.3 Å². The molecule has 0 unspecified atom stereocenters. The first kappa shape index (κ1) is 13.3. The van der Waals surface area contributed by atoms with E-state index in [-0.39, 0.29) is 18.1 Å². The van der Waals surface area contributed by atoms with E-state index in [0.717, 1.165) is 11.3 Å². The summed E-state index contributed by atoms with van der Waals surface area (Å²) in [6.07, 6.45) is 7.68. The van der Waals surface area contributed by atoms with Crippen LogP contribution in [0.15, 0.2) is 47.8 Å². The standard InChI is InChI=1S/C14H11N5OS/c20-14(12-7-15-2-3-17-12)19-8-11-13(18-5-4-16-11)10-1-6-21-9-10/h1-7,9H,8H2,(H,19,20). The fourth-order valence-electron chi connectivity index (χ4n) is 1.81. The van der Waals surface area contributed by atoms with Crippen LogP contribution < -0.4 is 5.32 Å².